The number of rotatable bonds is 72. The highest BCUT2D eigenvalue weighted by atomic mass is 16.8. The van der Waals surface area contributed by atoms with Crippen molar-refractivity contribution in [2.24, 2.45) is 0 Å². The second-order valence-corrected chi connectivity index (χ2v) is 31.7. The van der Waals surface area contributed by atoms with Crippen molar-refractivity contribution in [3.05, 3.63) is 36.5 Å². The Hall–Kier alpha value is -1.99. The SMILES string of the molecule is CCCCCCCCCC/C=C\CCCCCCCCCCCCCCCCCCCCCCCCCCCC(=O)NC(COC1OC(CO)C(OC2OC(CO)C(OC3OC(CO)C(O)C(O)C3O)C(O)C2O)C(O)C1O)C(O)/C=C/CC/C=C/CCCCCCCCCCCCCCCCCCCC. The zero-order valence-electron chi connectivity index (χ0n) is 67.2. The molecular formula is C87H163NO18. The highest BCUT2D eigenvalue weighted by Gasteiger charge is 2.54. The molecule has 3 saturated heterocycles. The molecule has 12 N–H and O–H groups in total. The number of carbonyl (C=O) groups is 1. The average molecular weight is 1510 g/mol. The van der Waals surface area contributed by atoms with Crippen LogP contribution in [0.15, 0.2) is 36.5 Å². The Labute approximate surface area is 644 Å². The zero-order valence-corrected chi connectivity index (χ0v) is 67.2. The number of hydrogen-bond donors (Lipinski definition) is 12. The van der Waals surface area contributed by atoms with E-state index in [9.17, 15) is 61.0 Å². The van der Waals surface area contributed by atoms with E-state index < -0.39 is 124 Å². The van der Waals surface area contributed by atoms with E-state index in [0.717, 1.165) is 38.5 Å². The van der Waals surface area contributed by atoms with E-state index in [1.165, 1.54) is 308 Å². The minimum absolute atomic E-state index is 0.240. The van der Waals surface area contributed by atoms with Crippen LogP contribution in [0.25, 0.3) is 0 Å². The number of carbonyl (C=O) groups excluding carboxylic acids is 1. The summed E-state index contributed by atoms with van der Waals surface area (Å²) in [6.07, 6.45) is 58.8. The van der Waals surface area contributed by atoms with Crippen LogP contribution in [0.2, 0.25) is 0 Å². The molecule has 3 aliphatic heterocycles. The van der Waals surface area contributed by atoms with Crippen molar-refractivity contribution in [1.29, 1.82) is 0 Å². The van der Waals surface area contributed by atoms with E-state index in [-0.39, 0.29) is 18.9 Å². The smallest absolute Gasteiger partial charge is 0.220 e. The van der Waals surface area contributed by atoms with Crippen LogP contribution >= 0.6 is 0 Å². The number of nitrogens with one attached hydrogen (secondary N) is 1. The van der Waals surface area contributed by atoms with Gasteiger partial charge in [0.1, 0.15) is 73.2 Å². The van der Waals surface area contributed by atoms with Crippen molar-refractivity contribution in [3.63, 3.8) is 0 Å². The second kappa shape index (κ2) is 67.5. The Kier molecular flexibility index (Phi) is 62.5. The number of allylic oxidation sites excluding steroid dienone is 5. The molecule has 3 fully saturated rings. The molecule has 0 radical (unpaired) electrons. The first kappa shape index (κ1) is 98.2. The predicted molar refractivity (Wildman–Crippen MR) is 425 cm³/mol. The first-order valence-electron chi connectivity index (χ1n) is 44.2. The zero-order chi connectivity index (χ0) is 76.7. The third-order valence-corrected chi connectivity index (χ3v) is 22.2. The minimum Gasteiger partial charge on any atom is -0.394 e. The Bertz CT molecular complexity index is 2050. The lowest BCUT2D eigenvalue weighted by Gasteiger charge is -2.48. The summed E-state index contributed by atoms with van der Waals surface area (Å²) < 4.78 is 34.5. The largest absolute Gasteiger partial charge is 0.394 e. The molecule has 106 heavy (non-hydrogen) atoms. The molecule has 17 unspecified atom stereocenters. The fraction of sp³-hybridized carbons (Fsp3) is 0.920. The Balaban J connectivity index is 1.32. The van der Waals surface area contributed by atoms with Gasteiger partial charge in [-0.15, -0.1) is 0 Å². The number of ether oxygens (including phenoxy) is 6. The van der Waals surface area contributed by atoms with Crippen LogP contribution in [0.5, 0.6) is 0 Å². The number of amides is 1. The molecule has 0 aromatic carbocycles. The average Bonchev–Trinajstić information content (AvgIpc) is 0.780. The third kappa shape index (κ3) is 46.3. The molecule has 3 aliphatic rings. The molecule has 19 nitrogen and oxygen atoms in total. The standard InChI is InChI=1S/C87H163NO18/c1-3-5-7-9-11-13-15-17-19-21-23-25-27-29-30-31-32-33-34-35-36-37-38-39-40-41-43-45-47-49-51-53-55-57-59-61-63-65-75(93)88-70(71(92)64-62-60-58-56-54-52-50-48-46-44-42-28-26-24-22-20-18-16-14-12-10-8-6-4-2)69-101-85-81(99)78(96)83(73(67-90)103-85)106-87-82(100)79(97)84(74(68-91)104-87)105-86-80(98)77(95)76(94)72(66-89)102-86/h21,23,54,56,62,64,70-74,76-87,89-92,94-100H,3-20,22,24-53,55,57-61,63,65-69H2,1-2H3,(H,88,93)/b23-21-,56-54+,64-62+. The van der Waals surface area contributed by atoms with Crippen LogP contribution in [-0.2, 0) is 33.2 Å². The topological polar surface area (TPSA) is 307 Å². The molecule has 3 heterocycles. The fourth-order valence-electron chi connectivity index (χ4n) is 15.1. The molecule has 0 aliphatic carbocycles. The van der Waals surface area contributed by atoms with Gasteiger partial charge in [-0.05, 0) is 57.8 Å². The third-order valence-electron chi connectivity index (χ3n) is 22.2. The second-order valence-electron chi connectivity index (χ2n) is 31.7. The van der Waals surface area contributed by atoms with E-state index in [2.05, 4.69) is 43.5 Å². The van der Waals surface area contributed by atoms with Crippen molar-refractivity contribution in [2.45, 2.75) is 484 Å². The van der Waals surface area contributed by atoms with Gasteiger partial charge in [-0.3, -0.25) is 4.79 Å². The normalized spacial score (nSPS) is 25.8. The van der Waals surface area contributed by atoms with Gasteiger partial charge >= 0.3 is 0 Å². The highest BCUT2D eigenvalue weighted by molar-refractivity contribution is 5.76. The number of unbranched alkanes of at least 4 members (excludes halogenated alkanes) is 52. The lowest BCUT2D eigenvalue weighted by Crippen LogP contribution is -2.66. The van der Waals surface area contributed by atoms with Crippen LogP contribution in [0.4, 0.5) is 0 Å². The van der Waals surface area contributed by atoms with Crippen LogP contribution in [0.3, 0.4) is 0 Å². The highest BCUT2D eigenvalue weighted by Crippen LogP contribution is 2.34. The monoisotopic (exact) mass is 1510 g/mol. The first-order chi connectivity index (χ1) is 51.8. The lowest BCUT2D eigenvalue weighted by molar-refractivity contribution is -0.379. The summed E-state index contributed by atoms with van der Waals surface area (Å²) in [7, 11) is 0. The van der Waals surface area contributed by atoms with E-state index in [4.69, 9.17) is 28.4 Å². The predicted octanol–water partition coefficient (Wildman–Crippen LogP) is 16.2. The van der Waals surface area contributed by atoms with Crippen molar-refractivity contribution in [1.82, 2.24) is 5.32 Å². The number of aliphatic hydroxyl groups excluding tert-OH is 11. The van der Waals surface area contributed by atoms with Crippen LogP contribution in [0.1, 0.15) is 380 Å². The summed E-state index contributed by atoms with van der Waals surface area (Å²) >= 11 is 0. The van der Waals surface area contributed by atoms with Crippen LogP contribution < -0.4 is 5.32 Å². The minimum atomic E-state index is -1.98. The van der Waals surface area contributed by atoms with Gasteiger partial charge in [0.05, 0.1) is 38.6 Å². The molecule has 624 valence electrons. The van der Waals surface area contributed by atoms with Gasteiger partial charge in [0.25, 0.3) is 0 Å². The molecule has 19 heteroatoms. The van der Waals surface area contributed by atoms with Gasteiger partial charge in [0, 0.05) is 6.42 Å². The van der Waals surface area contributed by atoms with Gasteiger partial charge in [-0.25, -0.2) is 0 Å². The lowest BCUT2D eigenvalue weighted by atomic mass is 9.96. The fourth-order valence-corrected chi connectivity index (χ4v) is 15.1. The maximum atomic E-state index is 13.5. The maximum absolute atomic E-state index is 13.5. The molecule has 3 rings (SSSR count). The summed E-state index contributed by atoms with van der Waals surface area (Å²) in [6.45, 7) is 1.78. The van der Waals surface area contributed by atoms with Gasteiger partial charge in [-0.1, -0.05) is 352 Å². The number of hydrogen-bond acceptors (Lipinski definition) is 18. The Morgan fingerprint density at radius 3 is 0.943 bits per heavy atom. The van der Waals surface area contributed by atoms with Gasteiger partial charge in [-0.2, -0.15) is 0 Å². The molecule has 17 atom stereocenters. The molecule has 0 aromatic heterocycles. The Morgan fingerprint density at radius 2 is 0.604 bits per heavy atom. The van der Waals surface area contributed by atoms with Crippen LogP contribution in [0, 0.1) is 0 Å². The molecule has 0 saturated carbocycles. The molecule has 0 bridgehead atoms. The van der Waals surface area contributed by atoms with Crippen molar-refractivity contribution in [3.8, 4) is 0 Å². The molecular weight excluding hydrogens is 1350 g/mol. The molecule has 1 amide bonds. The van der Waals surface area contributed by atoms with Crippen molar-refractivity contribution in [2.75, 3.05) is 26.4 Å². The summed E-state index contributed by atoms with van der Waals surface area (Å²) in [5.41, 5.74) is 0. The van der Waals surface area contributed by atoms with Gasteiger partial charge in [0.15, 0.2) is 18.9 Å². The first-order valence-corrected chi connectivity index (χ1v) is 44.2. The summed E-state index contributed by atoms with van der Waals surface area (Å²) in [5, 5.41) is 121. The van der Waals surface area contributed by atoms with E-state index >= 15 is 0 Å². The number of aliphatic hydroxyl groups is 11. The van der Waals surface area contributed by atoms with Crippen molar-refractivity contribution >= 4 is 5.91 Å². The van der Waals surface area contributed by atoms with E-state index in [0.29, 0.717) is 12.8 Å². The Morgan fingerprint density at radius 1 is 0.330 bits per heavy atom. The maximum Gasteiger partial charge on any atom is 0.220 e. The van der Waals surface area contributed by atoms with Gasteiger partial charge < -0.3 is 89.9 Å². The van der Waals surface area contributed by atoms with Gasteiger partial charge in [0.2, 0.25) is 5.91 Å². The summed E-state index contributed by atoms with van der Waals surface area (Å²) in [4.78, 5) is 13.5. The quantitative estimate of drug-likeness (QED) is 0.0199. The summed E-state index contributed by atoms with van der Waals surface area (Å²) in [6, 6.07) is -0.990. The van der Waals surface area contributed by atoms with E-state index in [1.54, 1.807) is 6.08 Å². The molecule has 0 aromatic rings. The molecule has 0 spiro atoms. The summed E-state index contributed by atoms with van der Waals surface area (Å²) in [5.74, 6) is -0.277. The van der Waals surface area contributed by atoms with E-state index in [1.807, 2.05) is 6.08 Å². The van der Waals surface area contributed by atoms with Crippen molar-refractivity contribution < 1.29 is 89.4 Å². The van der Waals surface area contributed by atoms with Crippen LogP contribution in [-0.4, -0.2) is 193 Å².